The van der Waals surface area contributed by atoms with E-state index in [-0.39, 0.29) is 32.6 Å². The van der Waals surface area contributed by atoms with Gasteiger partial charge in [0.2, 0.25) is 0 Å². The average molecular weight is 642 g/mol. The van der Waals surface area contributed by atoms with Gasteiger partial charge in [-0.15, -0.1) is 0 Å². The van der Waals surface area contributed by atoms with Gasteiger partial charge < -0.3 is 5.32 Å². The summed E-state index contributed by atoms with van der Waals surface area (Å²) in [6, 6.07) is 0. The number of hydrogen-bond acceptors (Lipinski definition) is 4. The fourth-order valence-corrected chi connectivity index (χ4v) is 3.70. The molecule has 266 valence electrons. The van der Waals surface area contributed by atoms with Gasteiger partial charge in [-0.2, -0.15) is 0 Å². The monoisotopic (exact) mass is 642 g/mol. The maximum Gasteiger partial charge on any atom is 0.138 e. The van der Waals surface area contributed by atoms with Crippen molar-refractivity contribution in [2.45, 2.75) is 197 Å². The van der Waals surface area contributed by atoms with Crippen LogP contribution in [0.4, 0.5) is 0 Å². The smallest absolute Gasteiger partial charge is 0.138 e. The maximum atomic E-state index is 11.5. The second kappa shape index (κ2) is 18.7. The number of carbonyl (C=O) groups excluding carboxylic acids is 2. The van der Waals surface area contributed by atoms with Crippen LogP contribution in [0.15, 0.2) is 0 Å². The van der Waals surface area contributed by atoms with Crippen LogP contribution in [0, 0.1) is 37.9 Å². The molecule has 0 aliphatic rings. The van der Waals surface area contributed by atoms with Gasteiger partial charge in [-0.1, -0.05) is 158 Å². The second-order valence-electron chi connectivity index (χ2n) is 22.0. The zero-order valence-corrected chi connectivity index (χ0v) is 35.6. The molecule has 0 rings (SSSR count). The Balaban J connectivity index is -0.000000243. The van der Waals surface area contributed by atoms with Crippen molar-refractivity contribution in [2.24, 2.45) is 37.9 Å². The molecule has 0 amide bonds. The molecule has 0 saturated carbocycles. The van der Waals surface area contributed by atoms with E-state index >= 15 is 0 Å². The lowest BCUT2D eigenvalue weighted by molar-refractivity contribution is -0.128. The Hall–Kier alpha value is -0.610. The van der Waals surface area contributed by atoms with Crippen molar-refractivity contribution in [3.8, 4) is 0 Å². The number of rotatable bonds is 5. The number of Topliss-reactive ketones (excluding diaryl/α,β-unsaturated/α-hetero) is 2. The lowest BCUT2D eigenvalue weighted by Crippen LogP contribution is -2.40. The third kappa shape index (κ3) is 45.8. The second-order valence-corrected chi connectivity index (χ2v) is 22.5. The van der Waals surface area contributed by atoms with Gasteiger partial charge in [0, 0.05) is 36.8 Å². The number of ketones is 2. The first-order valence-corrected chi connectivity index (χ1v) is 17.3. The summed E-state index contributed by atoms with van der Waals surface area (Å²) in [4.78, 5) is 24.1. The molecule has 0 aromatic rings. The fraction of sp³-hybridized carbons (Fsp3) is 0.925. The summed E-state index contributed by atoms with van der Waals surface area (Å²) in [7, 11) is 0. The molecule has 0 aromatic heterocycles. The van der Waals surface area contributed by atoms with E-state index in [1.165, 1.54) is 4.86 Å². The van der Waals surface area contributed by atoms with E-state index in [0.29, 0.717) is 41.7 Å². The molecule has 0 saturated heterocycles. The first-order valence-electron chi connectivity index (χ1n) is 16.9. The topological polar surface area (TPSA) is 46.2 Å². The summed E-state index contributed by atoms with van der Waals surface area (Å²) in [5, 5.41) is 3.46. The molecule has 0 aromatic carbocycles. The van der Waals surface area contributed by atoms with Crippen molar-refractivity contribution < 1.29 is 9.59 Å². The Morgan fingerprint density at radius 2 is 0.727 bits per heavy atom. The molecule has 1 N–H and O–H groups in total. The lowest BCUT2D eigenvalue weighted by Gasteiger charge is -2.27. The molecule has 0 fully saturated rings. The quantitative estimate of drug-likeness (QED) is 0.303. The Morgan fingerprint density at radius 1 is 0.432 bits per heavy atom. The molecule has 0 aliphatic heterocycles. The van der Waals surface area contributed by atoms with Crippen LogP contribution >= 0.6 is 12.2 Å². The number of thiocarbonyl (C=S) groups is 1. The third-order valence-electron chi connectivity index (χ3n) is 5.66. The molecule has 0 aliphatic carbocycles. The van der Waals surface area contributed by atoms with Crippen LogP contribution in [0.5, 0.6) is 0 Å². The molecular formula is C40H83NO2S. The van der Waals surface area contributed by atoms with E-state index < -0.39 is 0 Å². The molecule has 0 unspecified atom stereocenters. The van der Waals surface area contributed by atoms with Gasteiger partial charge in [-0.05, 0) is 64.5 Å². The zero-order valence-electron chi connectivity index (χ0n) is 34.8. The SMILES string of the molecule is CC(C)(C)CC(=O)C(C)(C)C.CC(C)(C)CC(=O)CC(C)(C)C.CC(C)(C)CC(=S)C(C)(C)C.CC(C)(C)CNC(C)(C)C. The molecule has 3 nitrogen and oxygen atoms in total. The summed E-state index contributed by atoms with van der Waals surface area (Å²) in [5.41, 5.74) is 1.43. The highest BCUT2D eigenvalue weighted by Gasteiger charge is 2.26. The predicted molar refractivity (Wildman–Crippen MR) is 205 cm³/mol. The summed E-state index contributed by atoms with van der Waals surface area (Å²) < 4.78 is 0. The minimum atomic E-state index is -0.173. The molecule has 0 heterocycles. The molecule has 0 spiro atoms. The van der Waals surface area contributed by atoms with E-state index in [1.54, 1.807) is 0 Å². The van der Waals surface area contributed by atoms with E-state index in [4.69, 9.17) is 12.2 Å². The van der Waals surface area contributed by atoms with Crippen molar-refractivity contribution >= 4 is 28.6 Å². The maximum absolute atomic E-state index is 11.5. The molecule has 0 radical (unpaired) electrons. The first-order chi connectivity index (χ1) is 18.6. The van der Waals surface area contributed by atoms with Crippen LogP contribution in [-0.2, 0) is 9.59 Å². The van der Waals surface area contributed by atoms with Gasteiger partial charge >= 0.3 is 0 Å². The number of hydrogen-bond donors (Lipinski definition) is 1. The van der Waals surface area contributed by atoms with Crippen LogP contribution in [0.3, 0.4) is 0 Å². The van der Waals surface area contributed by atoms with Crippen molar-refractivity contribution in [1.29, 1.82) is 0 Å². The van der Waals surface area contributed by atoms with E-state index in [2.05, 4.69) is 151 Å². The molecule has 44 heavy (non-hydrogen) atoms. The largest absolute Gasteiger partial charge is 0.312 e. The lowest BCUT2D eigenvalue weighted by atomic mass is 9.80. The van der Waals surface area contributed by atoms with E-state index in [1.807, 2.05) is 20.8 Å². The summed E-state index contributed by atoms with van der Waals surface area (Å²) >= 11 is 5.34. The molecule has 0 atom stereocenters. The van der Waals surface area contributed by atoms with Gasteiger partial charge in [-0.3, -0.25) is 9.59 Å². The van der Waals surface area contributed by atoms with Gasteiger partial charge in [0.1, 0.15) is 11.6 Å². The predicted octanol–water partition coefficient (Wildman–Crippen LogP) is 12.7. The Bertz CT molecular complexity index is 756. The van der Waals surface area contributed by atoms with Crippen LogP contribution in [-0.4, -0.2) is 28.5 Å². The Morgan fingerprint density at radius 3 is 0.841 bits per heavy atom. The highest BCUT2D eigenvalue weighted by molar-refractivity contribution is 7.80. The Kier molecular flexibility index (Phi) is 21.3. The van der Waals surface area contributed by atoms with Gasteiger partial charge in [0.05, 0.1) is 0 Å². The fourth-order valence-electron chi connectivity index (χ4n) is 3.27. The minimum absolute atomic E-state index is 0.129. The van der Waals surface area contributed by atoms with Crippen LogP contribution in [0.25, 0.3) is 0 Å². The number of carbonyl (C=O) groups is 2. The van der Waals surface area contributed by atoms with Crippen molar-refractivity contribution in [3.05, 3.63) is 0 Å². The minimum Gasteiger partial charge on any atom is -0.312 e. The molecular weight excluding hydrogens is 559 g/mol. The first kappa shape index (κ1) is 50.3. The van der Waals surface area contributed by atoms with E-state index in [9.17, 15) is 9.59 Å². The van der Waals surface area contributed by atoms with E-state index in [0.717, 1.165) is 13.0 Å². The summed E-state index contributed by atoms with van der Waals surface area (Å²) in [5.74, 6) is 0.736. The van der Waals surface area contributed by atoms with Crippen LogP contribution in [0.2, 0.25) is 0 Å². The van der Waals surface area contributed by atoms with Crippen molar-refractivity contribution in [2.75, 3.05) is 6.54 Å². The Labute approximate surface area is 284 Å². The van der Waals surface area contributed by atoms with Crippen molar-refractivity contribution in [1.82, 2.24) is 5.32 Å². The third-order valence-corrected chi connectivity index (χ3v) is 6.42. The van der Waals surface area contributed by atoms with Gasteiger partial charge in [-0.25, -0.2) is 0 Å². The average Bonchev–Trinajstić information content (AvgIpc) is 2.59. The zero-order chi connectivity index (χ0) is 37.0. The van der Waals surface area contributed by atoms with Crippen LogP contribution in [0.1, 0.15) is 192 Å². The number of nitrogens with one attached hydrogen (secondary N) is 1. The molecule has 0 bridgehead atoms. The highest BCUT2D eigenvalue weighted by Crippen LogP contribution is 2.28. The van der Waals surface area contributed by atoms with Gasteiger partial charge in [0.15, 0.2) is 0 Å². The standard InChI is InChI=1S/C11H22O.C10H20O.C10H20S.C9H21N/c1-10(2,3)7-9(12)8-11(4,5)6;2*1-9(2,3)7-8(11)10(4,5)6;1-8(2,3)7-10-9(4,5)6/h7-8H2,1-6H3;2*7H2,1-6H3;10H,7H2,1-6H3. The van der Waals surface area contributed by atoms with Crippen LogP contribution < -0.4 is 5.32 Å². The molecule has 4 heteroatoms. The summed E-state index contributed by atoms with van der Waals surface area (Å²) in [6.07, 6.45) is 3.12. The normalized spacial score (nSPS) is 13.4. The van der Waals surface area contributed by atoms with Gasteiger partial charge in [0.25, 0.3) is 0 Å². The summed E-state index contributed by atoms with van der Waals surface area (Å²) in [6.45, 7) is 52.4. The highest BCUT2D eigenvalue weighted by atomic mass is 32.1. The van der Waals surface area contributed by atoms with Crippen molar-refractivity contribution in [3.63, 3.8) is 0 Å².